The number of allylic oxidation sites excluding steroid dienone is 2. The van der Waals surface area contributed by atoms with Gasteiger partial charge in [0.1, 0.15) is 18.2 Å². The van der Waals surface area contributed by atoms with Crippen molar-refractivity contribution in [1.82, 2.24) is 9.88 Å². The lowest BCUT2D eigenvalue weighted by Gasteiger charge is -2.26. The van der Waals surface area contributed by atoms with E-state index in [4.69, 9.17) is 16.3 Å². The topological polar surface area (TPSA) is 49.8 Å². The van der Waals surface area contributed by atoms with Crippen LogP contribution in [0.15, 0.2) is 53.2 Å². The first kappa shape index (κ1) is 22.6. The first-order chi connectivity index (χ1) is 15.4. The molecule has 0 spiro atoms. The number of nitrogens with one attached hydrogen (secondary N) is 1. The van der Waals surface area contributed by atoms with E-state index in [2.05, 4.69) is 20.2 Å². The number of nitrogens with zero attached hydrogens (tertiary/aromatic N) is 3. The van der Waals surface area contributed by atoms with E-state index in [0.717, 1.165) is 43.4 Å². The predicted octanol–water partition coefficient (Wildman–Crippen LogP) is 5.62. The van der Waals surface area contributed by atoms with Gasteiger partial charge in [-0.05, 0) is 56.3 Å². The van der Waals surface area contributed by atoms with Crippen LogP contribution in [0.5, 0.6) is 5.75 Å². The third-order valence-electron chi connectivity index (χ3n) is 5.43. The number of hydrogen-bond acceptors (Lipinski definition) is 5. The number of aliphatic imine (C=N–C) groups is 1. The Labute approximate surface area is 189 Å². The number of fused-ring (bicyclic) bond motifs is 1. The molecular weight excluding hydrogens is 441 g/mol. The van der Waals surface area contributed by atoms with E-state index in [1.54, 1.807) is 12.1 Å². The van der Waals surface area contributed by atoms with Crippen molar-refractivity contribution in [3.63, 3.8) is 0 Å². The summed E-state index contributed by atoms with van der Waals surface area (Å²) >= 11 is 6.44. The minimum atomic E-state index is -4.45. The van der Waals surface area contributed by atoms with E-state index in [0.29, 0.717) is 28.7 Å². The molecule has 2 aliphatic rings. The maximum absolute atomic E-state index is 13.1. The lowest BCUT2D eigenvalue weighted by atomic mass is 10.1. The minimum absolute atomic E-state index is 0.397. The predicted molar refractivity (Wildman–Crippen MR) is 122 cm³/mol. The monoisotopic (exact) mass is 464 g/mol. The highest BCUT2D eigenvalue weighted by atomic mass is 35.5. The van der Waals surface area contributed by atoms with Gasteiger partial charge in [0.15, 0.2) is 0 Å². The molecule has 0 saturated carbocycles. The summed E-state index contributed by atoms with van der Waals surface area (Å²) in [6.45, 7) is 3.69. The maximum atomic E-state index is 13.1. The molecule has 2 aromatic rings. The Bertz CT molecular complexity index is 1050. The Morgan fingerprint density at radius 3 is 2.75 bits per heavy atom. The maximum Gasteiger partial charge on any atom is 0.416 e. The van der Waals surface area contributed by atoms with Gasteiger partial charge < -0.3 is 10.1 Å². The van der Waals surface area contributed by atoms with Crippen molar-refractivity contribution in [2.24, 2.45) is 4.99 Å². The number of pyridine rings is 1. The number of ether oxygens (including phenoxy) is 1. The lowest BCUT2D eigenvalue weighted by Crippen LogP contribution is -2.33. The summed E-state index contributed by atoms with van der Waals surface area (Å²) in [7, 11) is 0. The van der Waals surface area contributed by atoms with E-state index >= 15 is 0 Å². The Balaban J connectivity index is 1.45. The van der Waals surface area contributed by atoms with Gasteiger partial charge in [-0.3, -0.25) is 9.89 Å². The number of alkyl halides is 3. The van der Waals surface area contributed by atoms with Crippen molar-refractivity contribution in [2.45, 2.75) is 31.5 Å². The first-order valence-electron chi connectivity index (χ1n) is 10.6. The summed E-state index contributed by atoms with van der Waals surface area (Å²) in [5, 5.41) is 4.16. The number of rotatable bonds is 6. The van der Waals surface area contributed by atoms with Gasteiger partial charge in [-0.2, -0.15) is 13.2 Å². The van der Waals surface area contributed by atoms with Gasteiger partial charge >= 0.3 is 6.18 Å². The van der Waals surface area contributed by atoms with E-state index in [1.807, 2.05) is 12.1 Å². The second-order valence-electron chi connectivity index (χ2n) is 7.83. The number of hydrogen-bond donors (Lipinski definition) is 1. The van der Waals surface area contributed by atoms with Crippen LogP contribution in [0.25, 0.3) is 10.9 Å². The van der Waals surface area contributed by atoms with Gasteiger partial charge in [0.25, 0.3) is 0 Å². The van der Waals surface area contributed by atoms with Crippen LogP contribution in [0, 0.1) is 0 Å². The normalized spacial score (nSPS) is 19.6. The van der Waals surface area contributed by atoms with Gasteiger partial charge in [-0.25, -0.2) is 4.98 Å². The molecule has 0 radical (unpaired) electrons. The van der Waals surface area contributed by atoms with Crippen LogP contribution in [-0.4, -0.2) is 54.6 Å². The minimum Gasteiger partial charge on any atom is -0.492 e. The smallest absolute Gasteiger partial charge is 0.416 e. The van der Waals surface area contributed by atoms with Gasteiger partial charge in [0.05, 0.1) is 22.2 Å². The second kappa shape index (κ2) is 9.92. The van der Waals surface area contributed by atoms with Crippen LogP contribution in [0.4, 0.5) is 19.0 Å². The molecule has 4 rings (SSSR count). The molecule has 1 unspecified atom stereocenters. The summed E-state index contributed by atoms with van der Waals surface area (Å²) in [5.41, 5.74) is -0.221. The van der Waals surface area contributed by atoms with Crippen molar-refractivity contribution in [1.29, 1.82) is 0 Å². The fourth-order valence-corrected chi connectivity index (χ4v) is 4.06. The molecule has 1 fully saturated rings. The molecule has 2 aliphatic heterocycles. The summed E-state index contributed by atoms with van der Waals surface area (Å²) in [4.78, 5) is 10.8. The number of aromatic nitrogens is 1. The number of piperidine rings is 1. The molecule has 0 amide bonds. The highest BCUT2D eigenvalue weighted by molar-refractivity contribution is 6.35. The largest absolute Gasteiger partial charge is 0.492 e. The zero-order chi connectivity index (χ0) is 22.6. The molecule has 3 heterocycles. The molecule has 1 aromatic heterocycles. The summed E-state index contributed by atoms with van der Waals surface area (Å²) < 4.78 is 45.1. The summed E-state index contributed by atoms with van der Waals surface area (Å²) in [6, 6.07) is 6.34. The number of likely N-dealkylation sites (tertiary alicyclic amines) is 1. The number of halogens is 4. The van der Waals surface area contributed by atoms with Gasteiger partial charge in [-0.15, -0.1) is 0 Å². The van der Waals surface area contributed by atoms with Crippen LogP contribution >= 0.6 is 11.6 Å². The number of benzene rings is 1. The zero-order valence-corrected chi connectivity index (χ0v) is 18.2. The Morgan fingerprint density at radius 2 is 1.97 bits per heavy atom. The van der Waals surface area contributed by atoms with Crippen LogP contribution in [0.1, 0.15) is 19.3 Å². The van der Waals surface area contributed by atoms with E-state index in [1.165, 1.54) is 25.5 Å². The van der Waals surface area contributed by atoms with Crippen LogP contribution in [0.2, 0.25) is 5.02 Å². The fourth-order valence-electron chi connectivity index (χ4n) is 3.80. The SMILES string of the molecule is FC(F)(F)C1=CC(Nc2ccc3cc(OCCN4CCCCC4)cc(Cl)c3n2)C=NC=C1. The van der Waals surface area contributed by atoms with Crippen molar-refractivity contribution in [2.75, 3.05) is 31.6 Å². The molecule has 1 atom stereocenters. The average molecular weight is 465 g/mol. The van der Waals surface area contributed by atoms with Crippen molar-refractivity contribution >= 4 is 34.5 Å². The quantitative estimate of drug-likeness (QED) is 0.602. The average Bonchev–Trinajstić information content (AvgIpc) is 3.01. The van der Waals surface area contributed by atoms with Crippen LogP contribution < -0.4 is 10.1 Å². The molecule has 5 nitrogen and oxygen atoms in total. The summed E-state index contributed by atoms with van der Waals surface area (Å²) in [5.74, 6) is 1.07. The second-order valence-corrected chi connectivity index (χ2v) is 8.24. The van der Waals surface area contributed by atoms with E-state index in [-0.39, 0.29) is 0 Å². The number of anilines is 1. The van der Waals surface area contributed by atoms with Gasteiger partial charge in [0, 0.05) is 30.4 Å². The van der Waals surface area contributed by atoms with Crippen molar-refractivity contribution in [3.05, 3.63) is 53.2 Å². The molecule has 1 N–H and O–H groups in total. The molecule has 1 aromatic carbocycles. The lowest BCUT2D eigenvalue weighted by molar-refractivity contribution is -0.0884. The Hall–Kier alpha value is -2.58. The fraction of sp³-hybridized carbons (Fsp3) is 0.391. The third-order valence-corrected chi connectivity index (χ3v) is 5.72. The molecular formula is C23H24ClF3N4O. The van der Waals surface area contributed by atoms with Gasteiger partial charge in [-0.1, -0.05) is 18.0 Å². The van der Waals surface area contributed by atoms with Crippen LogP contribution in [-0.2, 0) is 0 Å². The molecule has 0 aliphatic carbocycles. The standard InChI is InChI=1S/C23H24ClF3N4O/c24-20-14-19(32-11-10-31-8-2-1-3-9-31)12-16-4-5-21(30-22(16)20)29-18-13-17(23(25,26)27)6-7-28-15-18/h4-7,12-15,18H,1-3,8-11H2,(H,29,30). The molecule has 32 heavy (non-hydrogen) atoms. The zero-order valence-electron chi connectivity index (χ0n) is 17.4. The Kier molecular flexibility index (Phi) is 7.01. The van der Waals surface area contributed by atoms with Gasteiger partial charge in [0.2, 0.25) is 0 Å². The van der Waals surface area contributed by atoms with E-state index in [9.17, 15) is 13.2 Å². The molecule has 0 bridgehead atoms. The third kappa shape index (κ3) is 5.81. The highest BCUT2D eigenvalue weighted by Gasteiger charge is 2.32. The van der Waals surface area contributed by atoms with Crippen molar-refractivity contribution < 1.29 is 17.9 Å². The highest BCUT2D eigenvalue weighted by Crippen LogP contribution is 2.30. The van der Waals surface area contributed by atoms with Crippen molar-refractivity contribution in [3.8, 4) is 5.75 Å². The van der Waals surface area contributed by atoms with E-state index < -0.39 is 17.8 Å². The molecule has 170 valence electrons. The molecule has 1 saturated heterocycles. The molecule has 9 heteroatoms. The first-order valence-corrected chi connectivity index (χ1v) is 11.0. The summed E-state index contributed by atoms with van der Waals surface area (Å²) in [6.07, 6.45) is 3.84. The Morgan fingerprint density at radius 1 is 1.16 bits per heavy atom. The van der Waals surface area contributed by atoms with Crippen LogP contribution in [0.3, 0.4) is 0 Å².